The van der Waals surface area contributed by atoms with E-state index in [4.69, 9.17) is 4.74 Å². The van der Waals surface area contributed by atoms with Gasteiger partial charge in [0.2, 0.25) is 5.91 Å². The summed E-state index contributed by atoms with van der Waals surface area (Å²) >= 11 is 3.32. The number of hydrogen-bond donors (Lipinski definition) is 1. The quantitative estimate of drug-likeness (QED) is 0.920. The van der Waals surface area contributed by atoms with Crippen LogP contribution in [0.5, 0.6) is 5.75 Å². The number of pyridine rings is 1. The number of ether oxygens (including phenoxy) is 1. The van der Waals surface area contributed by atoms with Gasteiger partial charge < -0.3 is 10.1 Å². The van der Waals surface area contributed by atoms with E-state index in [-0.39, 0.29) is 11.8 Å². The van der Waals surface area contributed by atoms with Crippen molar-refractivity contribution in [2.24, 2.45) is 5.92 Å². The highest BCUT2D eigenvalue weighted by molar-refractivity contribution is 9.10. The molecule has 3 rings (SSSR count). The van der Waals surface area contributed by atoms with Gasteiger partial charge in [-0.15, -0.1) is 0 Å². The number of carbonyl (C=O) groups is 1. The second-order valence-electron chi connectivity index (χ2n) is 5.07. The van der Waals surface area contributed by atoms with Crippen molar-refractivity contribution in [2.75, 3.05) is 12.4 Å². The highest BCUT2D eigenvalue weighted by Gasteiger charge is 2.43. The standard InChI is InChI=1S/C16H15BrN2O2/c1-21-12-5-2-10(3-6-12)13-8-14(13)16(20)19-15-7-4-11(17)9-18-15/h2-7,9,13-14H,8H2,1H3,(H,18,19,20). The van der Waals surface area contributed by atoms with Gasteiger partial charge in [0, 0.05) is 16.6 Å². The zero-order valence-corrected chi connectivity index (χ0v) is 13.1. The van der Waals surface area contributed by atoms with Crippen LogP contribution in [0.15, 0.2) is 47.1 Å². The van der Waals surface area contributed by atoms with E-state index in [9.17, 15) is 4.79 Å². The van der Waals surface area contributed by atoms with Crippen molar-refractivity contribution >= 4 is 27.7 Å². The van der Waals surface area contributed by atoms with Crippen molar-refractivity contribution in [3.8, 4) is 5.75 Å². The summed E-state index contributed by atoms with van der Waals surface area (Å²) in [5.74, 6) is 1.78. The van der Waals surface area contributed by atoms with E-state index in [1.54, 1.807) is 19.4 Å². The smallest absolute Gasteiger partial charge is 0.229 e. The summed E-state index contributed by atoms with van der Waals surface area (Å²) in [7, 11) is 1.65. The molecule has 1 aromatic heterocycles. The molecule has 1 saturated carbocycles. The number of hydrogen-bond acceptors (Lipinski definition) is 3. The molecule has 2 unspecified atom stereocenters. The third-order valence-corrected chi connectivity index (χ3v) is 4.12. The Morgan fingerprint density at radius 1 is 1.29 bits per heavy atom. The largest absolute Gasteiger partial charge is 0.497 e. The van der Waals surface area contributed by atoms with Gasteiger partial charge in [-0.25, -0.2) is 4.98 Å². The van der Waals surface area contributed by atoms with Crippen LogP contribution in [0.3, 0.4) is 0 Å². The number of halogens is 1. The summed E-state index contributed by atoms with van der Waals surface area (Å²) in [6.45, 7) is 0. The number of carbonyl (C=O) groups excluding carboxylic acids is 1. The van der Waals surface area contributed by atoms with E-state index in [1.807, 2.05) is 30.3 Å². The molecule has 2 atom stereocenters. The van der Waals surface area contributed by atoms with Crippen molar-refractivity contribution in [3.63, 3.8) is 0 Å². The lowest BCUT2D eigenvalue weighted by Gasteiger charge is -2.05. The number of benzene rings is 1. The number of nitrogens with zero attached hydrogens (tertiary/aromatic N) is 1. The lowest BCUT2D eigenvalue weighted by atomic mass is 10.1. The molecule has 1 heterocycles. The van der Waals surface area contributed by atoms with Crippen molar-refractivity contribution in [3.05, 3.63) is 52.6 Å². The number of rotatable bonds is 4. The third kappa shape index (κ3) is 3.24. The van der Waals surface area contributed by atoms with E-state index in [1.165, 1.54) is 5.56 Å². The molecule has 1 aliphatic carbocycles. The van der Waals surface area contributed by atoms with E-state index >= 15 is 0 Å². The van der Waals surface area contributed by atoms with Crippen molar-refractivity contribution in [1.29, 1.82) is 0 Å². The Kier molecular flexibility index (Phi) is 3.92. The molecule has 5 heteroatoms. The maximum atomic E-state index is 12.2. The van der Waals surface area contributed by atoms with E-state index < -0.39 is 0 Å². The Morgan fingerprint density at radius 2 is 2.05 bits per heavy atom. The Bertz CT molecular complexity index is 640. The monoisotopic (exact) mass is 346 g/mol. The third-order valence-electron chi connectivity index (χ3n) is 3.65. The molecule has 1 aliphatic rings. The first-order chi connectivity index (χ1) is 10.2. The van der Waals surface area contributed by atoms with Gasteiger partial charge in [0.25, 0.3) is 0 Å². The Labute approximate surface area is 131 Å². The predicted octanol–water partition coefficient (Wildman–Crippen LogP) is 3.59. The summed E-state index contributed by atoms with van der Waals surface area (Å²) in [5.41, 5.74) is 1.18. The highest BCUT2D eigenvalue weighted by Crippen LogP contribution is 2.48. The van der Waals surface area contributed by atoms with Gasteiger partial charge in [0.05, 0.1) is 7.11 Å². The van der Waals surface area contributed by atoms with Crippen LogP contribution in [-0.2, 0) is 4.79 Å². The molecule has 0 spiro atoms. The molecule has 1 N–H and O–H groups in total. The van der Waals surface area contributed by atoms with Gasteiger partial charge in [-0.05, 0) is 58.1 Å². The lowest BCUT2D eigenvalue weighted by molar-refractivity contribution is -0.117. The van der Waals surface area contributed by atoms with Gasteiger partial charge in [-0.3, -0.25) is 4.79 Å². The number of nitrogens with one attached hydrogen (secondary N) is 1. The van der Waals surface area contributed by atoms with Crippen LogP contribution in [-0.4, -0.2) is 18.0 Å². The fourth-order valence-electron chi connectivity index (χ4n) is 2.37. The summed E-state index contributed by atoms with van der Waals surface area (Å²) in [4.78, 5) is 16.3. The summed E-state index contributed by atoms with van der Waals surface area (Å²) < 4.78 is 6.03. The molecule has 1 amide bonds. The number of methoxy groups -OCH3 is 1. The topological polar surface area (TPSA) is 51.2 Å². The molecule has 0 aliphatic heterocycles. The molecule has 0 radical (unpaired) electrons. The molecule has 21 heavy (non-hydrogen) atoms. The average molecular weight is 347 g/mol. The molecular weight excluding hydrogens is 332 g/mol. The second kappa shape index (κ2) is 5.85. The van der Waals surface area contributed by atoms with Gasteiger partial charge in [-0.2, -0.15) is 0 Å². The minimum atomic E-state index is 0.0313. The van der Waals surface area contributed by atoms with Gasteiger partial charge in [0.1, 0.15) is 11.6 Å². The van der Waals surface area contributed by atoms with Crippen LogP contribution in [0, 0.1) is 5.92 Å². The Morgan fingerprint density at radius 3 is 2.67 bits per heavy atom. The number of amides is 1. The van der Waals surface area contributed by atoms with Crippen LogP contribution in [0.25, 0.3) is 0 Å². The molecule has 4 nitrogen and oxygen atoms in total. The zero-order chi connectivity index (χ0) is 14.8. The van der Waals surface area contributed by atoms with E-state index in [2.05, 4.69) is 26.2 Å². The van der Waals surface area contributed by atoms with E-state index in [0.29, 0.717) is 11.7 Å². The SMILES string of the molecule is COc1ccc(C2CC2C(=O)Nc2ccc(Br)cn2)cc1. The lowest BCUT2D eigenvalue weighted by Crippen LogP contribution is -2.15. The fraction of sp³-hybridized carbons (Fsp3) is 0.250. The first-order valence-corrected chi connectivity index (χ1v) is 7.53. The highest BCUT2D eigenvalue weighted by atomic mass is 79.9. The van der Waals surface area contributed by atoms with Crippen LogP contribution in [0.4, 0.5) is 5.82 Å². The molecule has 1 fully saturated rings. The summed E-state index contributed by atoms with van der Waals surface area (Å²) in [5, 5.41) is 2.86. The van der Waals surface area contributed by atoms with Gasteiger partial charge in [-0.1, -0.05) is 12.1 Å². The fourth-order valence-corrected chi connectivity index (χ4v) is 2.61. The molecule has 2 aromatic rings. The van der Waals surface area contributed by atoms with E-state index in [0.717, 1.165) is 16.6 Å². The molecule has 1 aromatic carbocycles. The van der Waals surface area contributed by atoms with Crippen LogP contribution in [0.1, 0.15) is 17.9 Å². The van der Waals surface area contributed by atoms with Crippen LogP contribution in [0.2, 0.25) is 0 Å². The first-order valence-electron chi connectivity index (χ1n) is 6.74. The molecule has 108 valence electrons. The molecular formula is C16H15BrN2O2. The Balaban J connectivity index is 1.61. The van der Waals surface area contributed by atoms with Crippen LogP contribution >= 0.6 is 15.9 Å². The maximum Gasteiger partial charge on any atom is 0.229 e. The van der Waals surface area contributed by atoms with Crippen molar-refractivity contribution in [1.82, 2.24) is 4.98 Å². The molecule has 0 saturated heterocycles. The minimum absolute atomic E-state index is 0.0313. The number of aromatic nitrogens is 1. The maximum absolute atomic E-state index is 12.2. The van der Waals surface area contributed by atoms with Crippen molar-refractivity contribution < 1.29 is 9.53 Å². The van der Waals surface area contributed by atoms with Gasteiger partial charge in [0.15, 0.2) is 0 Å². The predicted molar refractivity (Wildman–Crippen MR) is 84.4 cm³/mol. The van der Waals surface area contributed by atoms with Gasteiger partial charge >= 0.3 is 0 Å². The first kappa shape index (κ1) is 14.1. The van der Waals surface area contributed by atoms with Crippen LogP contribution < -0.4 is 10.1 Å². The molecule has 0 bridgehead atoms. The van der Waals surface area contributed by atoms with Crippen molar-refractivity contribution in [2.45, 2.75) is 12.3 Å². The minimum Gasteiger partial charge on any atom is -0.497 e. The average Bonchev–Trinajstić information content (AvgIpc) is 3.30. The number of anilines is 1. The summed E-state index contributed by atoms with van der Waals surface area (Å²) in [6.07, 6.45) is 2.55. The normalized spacial score (nSPS) is 19.9. The second-order valence-corrected chi connectivity index (χ2v) is 5.99. The zero-order valence-electron chi connectivity index (χ0n) is 11.5. The Hall–Kier alpha value is -1.88. The summed E-state index contributed by atoms with van der Waals surface area (Å²) in [6, 6.07) is 11.5.